The number of hydrogen-bond acceptors (Lipinski definition) is 6. The van der Waals surface area contributed by atoms with Crippen molar-refractivity contribution >= 4 is 28.3 Å². The quantitative estimate of drug-likeness (QED) is 0.492. The molecule has 4 aromatic rings. The first-order chi connectivity index (χ1) is 15.7. The molecule has 1 aliphatic rings. The molecule has 1 saturated heterocycles. The second kappa shape index (κ2) is 8.33. The predicted molar refractivity (Wildman–Crippen MR) is 121 cm³/mol. The highest BCUT2D eigenvalue weighted by atomic mass is 35.5. The number of aromatic amines is 1. The van der Waals surface area contributed by atoms with Crippen LogP contribution >= 0.6 is 11.6 Å². The van der Waals surface area contributed by atoms with Crippen LogP contribution in [0.1, 0.15) is 24.4 Å². The minimum absolute atomic E-state index is 0.0768. The Balaban J connectivity index is 1.42. The first-order valence-electron chi connectivity index (χ1n) is 10.3. The van der Waals surface area contributed by atoms with Crippen LogP contribution < -0.4 is 4.90 Å². The van der Waals surface area contributed by atoms with Crippen LogP contribution in [0.3, 0.4) is 0 Å². The third-order valence-corrected chi connectivity index (χ3v) is 6.40. The van der Waals surface area contributed by atoms with Gasteiger partial charge in [-0.2, -0.15) is 15.6 Å². The highest BCUT2D eigenvalue weighted by Crippen LogP contribution is 2.36. The number of nitriles is 2. The molecule has 0 spiro atoms. The fourth-order valence-electron chi connectivity index (χ4n) is 4.52. The summed E-state index contributed by atoms with van der Waals surface area (Å²) < 4.78 is 1.89. The van der Waals surface area contributed by atoms with E-state index in [4.69, 9.17) is 11.6 Å². The Labute approximate surface area is 189 Å². The molecule has 0 amide bonds. The summed E-state index contributed by atoms with van der Waals surface area (Å²) in [5.74, 6) is 0.214. The Hall–Kier alpha value is -3.88. The Kier molecular flexibility index (Phi) is 5.22. The highest BCUT2D eigenvalue weighted by Gasteiger charge is 2.32. The van der Waals surface area contributed by atoms with Crippen LogP contribution in [0, 0.1) is 28.6 Å². The summed E-state index contributed by atoms with van der Waals surface area (Å²) in [5, 5.41) is 25.0. The van der Waals surface area contributed by atoms with Gasteiger partial charge in [0.05, 0.1) is 46.7 Å². The van der Waals surface area contributed by atoms with Crippen molar-refractivity contribution in [3.63, 3.8) is 0 Å². The molecule has 1 aromatic carbocycles. The van der Waals surface area contributed by atoms with Gasteiger partial charge in [0.2, 0.25) is 0 Å². The first kappa shape index (κ1) is 20.0. The molecule has 1 N–H and O–H groups in total. The molecule has 3 aromatic heterocycles. The van der Waals surface area contributed by atoms with Crippen molar-refractivity contribution in [2.45, 2.75) is 18.9 Å². The minimum atomic E-state index is -0.0768. The molecule has 1 aliphatic heterocycles. The Morgan fingerprint density at radius 3 is 3.00 bits per heavy atom. The smallest absolute Gasteiger partial charge is 0.141 e. The zero-order chi connectivity index (χ0) is 22.1. The van der Waals surface area contributed by atoms with Gasteiger partial charge < -0.3 is 9.88 Å². The summed E-state index contributed by atoms with van der Waals surface area (Å²) in [4.78, 5) is 14.0. The fourth-order valence-corrected chi connectivity index (χ4v) is 4.73. The van der Waals surface area contributed by atoms with Crippen molar-refractivity contribution in [1.82, 2.24) is 24.7 Å². The SMILES string of the molecule is N#CCC(C1CCN(c2cccc(Cl)c2C#N)C1)n1cc(-c2ncnc3[nH]ccc23)cn1. The van der Waals surface area contributed by atoms with Crippen molar-refractivity contribution in [1.29, 1.82) is 10.5 Å². The molecule has 8 nitrogen and oxygen atoms in total. The molecule has 0 radical (unpaired) electrons. The number of rotatable bonds is 5. The summed E-state index contributed by atoms with van der Waals surface area (Å²) in [5.41, 5.74) is 3.81. The number of benzene rings is 1. The average molecular weight is 443 g/mol. The van der Waals surface area contributed by atoms with Crippen LogP contribution in [0.5, 0.6) is 0 Å². The molecule has 2 unspecified atom stereocenters. The molecule has 0 saturated carbocycles. The molecule has 0 bridgehead atoms. The summed E-state index contributed by atoms with van der Waals surface area (Å²) in [6, 6.07) is 11.9. The number of nitrogens with one attached hydrogen (secondary N) is 1. The molecule has 5 rings (SSSR count). The molecule has 1 fully saturated rings. The van der Waals surface area contributed by atoms with E-state index in [2.05, 4.69) is 37.1 Å². The van der Waals surface area contributed by atoms with E-state index in [-0.39, 0.29) is 12.0 Å². The van der Waals surface area contributed by atoms with Crippen LogP contribution in [0.15, 0.2) is 49.2 Å². The van der Waals surface area contributed by atoms with Crippen molar-refractivity contribution in [2.24, 2.45) is 5.92 Å². The maximum Gasteiger partial charge on any atom is 0.141 e. The highest BCUT2D eigenvalue weighted by molar-refractivity contribution is 6.32. The number of anilines is 1. The minimum Gasteiger partial charge on any atom is -0.370 e. The molecular weight excluding hydrogens is 424 g/mol. The topological polar surface area (TPSA) is 110 Å². The largest absolute Gasteiger partial charge is 0.370 e. The van der Waals surface area contributed by atoms with E-state index in [1.807, 2.05) is 35.3 Å². The van der Waals surface area contributed by atoms with Gasteiger partial charge in [-0.05, 0) is 24.6 Å². The first-order valence-corrected chi connectivity index (χ1v) is 10.7. The zero-order valence-corrected chi connectivity index (χ0v) is 17.9. The number of halogens is 1. The van der Waals surface area contributed by atoms with Gasteiger partial charge in [-0.3, -0.25) is 4.68 Å². The lowest BCUT2D eigenvalue weighted by molar-refractivity contribution is 0.332. The number of nitrogens with zero attached hydrogens (tertiary/aromatic N) is 7. The normalized spacial score (nSPS) is 16.7. The standard InChI is InChI=1S/C23H19ClN8/c24-19-2-1-3-21(18(19)10-26)31-9-6-15(12-31)20(4-7-25)32-13-16(11-30-32)22-17-5-8-27-23(17)29-14-28-22/h1-3,5,8,11,13-15,20H,4,6,9,12H2,(H,27,28,29). The van der Waals surface area contributed by atoms with Crippen LogP contribution in [0.25, 0.3) is 22.3 Å². The van der Waals surface area contributed by atoms with Gasteiger partial charge in [0, 0.05) is 42.4 Å². The number of aromatic nitrogens is 5. The van der Waals surface area contributed by atoms with Crippen LogP contribution in [0.2, 0.25) is 5.02 Å². The van der Waals surface area contributed by atoms with Gasteiger partial charge in [-0.15, -0.1) is 0 Å². The average Bonchev–Trinajstić information content (AvgIpc) is 3.57. The molecule has 2 atom stereocenters. The third kappa shape index (κ3) is 3.45. The summed E-state index contributed by atoms with van der Waals surface area (Å²) in [7, 11) is 0. The van der Waals surface area contributed by atoms with E-state index < -0.39 is 0 Å². The van der Waals surface area contributed by atoms with E-state index in [0.29, 0.717) is 17.0 Å². The molecule has 0 aliphatic carbocycles. The lowest BCUT2D eigenvalue weighted by Crippen LogP contribution is -2.25. The molecule has 4 heterocycles. The molecule has 9 heteroatoms. The van der Waals surface area contributed by atoms with Gasteiger partial charge in [0.25, 0.3) is 0 Å². The predicted octanol–water partition coefficient (Wildman–Crippen LogP) is 4.33. The summed E-state index contributed by atoms with van der Waals surface area (Å²) >= 11 is 6.23. The van der Waals surface area contributed by atoms with Crippen molar-refractivity contribution < 1.29 is 0 Å². The lowest BCUT2D eigenvalue weighted by Gasteiger charge is -2.24. The van der Waals surface area contributed by atoms with Crippen LogP contribution in [-0.2, 0) is 0 Å². The molecule has 158 valence electrons. The van der Waals surface area contributed by atoms with E-state index in [1.54, 1.807) is 12.3 Å². The van der Waals surface area contributed by atoms with Gasteiger partial charge >= 0.3 is 0 Å². The third-order valence-electron chi connectivity index (χ3n) is 6.08. The fraction of sp³-hybridized carbons (Fsp3) is 0.261. The number of H-pyrrole nitrogens is 1. The zero-order valence-electron chi connectivity index (χ0n) is 17.1. The van der Waals surface area contributed by atoms with E-state index in [0.717, 1.165) is 47.5 Å². The lowest BCUT2D eigenvalue weighted by atomic mass is 9.96. The van der Waals surface area contributed by atoms with Crippen molar-refractivity contribution in [2.75, 3.05) is 18.0 Å². The van der Waals surface area contributed by atoms with Crippen LogP contribution in [0.4, 0.5) is 5.69 Å². The van der Waals surface area contributed by atoms with Gasteiger partial charge in [0.1, 0.15) is 18.0 Å². The second-order valence-electron chi connectivity index (χ2n) is 7.84. The van der Waals surface area contributed by atoms with Crippen molar-refractivity contribution in [3.8, 4) is 23.4 Å². The summed E-state index contributed by atoms with van der Waals surface area (Å²) in [6.07, 6.45) is 8.36. The Morgan fingerprint density at radius 2 is 2.16 bits per heavy atom. The molecular formula is C23H19ClN8. The van der Waals surface area contributed by atoms with Gasteiger partial charge in [-0.1, -0.05) is 17.7 Å². The van der Waals surface area contributed by atoms with E-state index in [9.17, 15) is 10.5 Å². The Bertz CT molecular complexity index is 1360. The summed E-state index contributed by atoms with van der Waals surface area (Å²) in [6.45, 7) is 1.53. The Morgan fingerprint density at radius 1 is 1.25 bits per heavy atom. The van der Waals surface area contributed by atoms with E-state index >= 15 is 0 Å². The maximum absolute atomic E-state index is 9.54. The molecule has 32 heavy (non-hydrogen) atoms. The van der Waals surface area contributed by atoms with Crippen LogP contribution in [-0.4, -0.2) is 37.8 Å². The monoisotopic (exact) mass is 442 g/mol. The van der Waals surface area contributed by atoms with Gasteiger partial charge in [0.15, 0.2) is 0 Å². The number of hydrogen-bond donors (Lipinski definition) is 1. The van der Waals surface area contributed by atoms with E-state index in [1.165, 1.54) is 6.33 Å². The second-order valence-corrected chi connectivity index (χ2v) is 8.25. The van der Waals surface area contributed by atoms with Crippen molar-refractivity contribution in [3.05, 3.63) is 59.8 Å². The number of fused-ring (bicyclic) bond motifs is 1. The van der Waals surface area contributed by atoms with Gasteiger partial charge in [-0.25, -0.2) is 9.97 Å². The maximum atomic E-state index is 9.54.